The van der Waals surface area contributed by atoms with Crippen LogP contribution in [0, 0.1) is 9.39 Å². The van der Waals surface area contributed by atoms with Crippen molar-refractivity contribution in [2.45, 2.75) is 18.3 Å². The molecule has 110 valence electrons. The Bertz CT molecular complexity index is 776. The molecule has 1 aliphatic heterocycles. The highest BCUT2D eigenvalue weighted by Crippen LogP contribution is 2.31. The number of likely N-dealkylation sites (tertiary alicyclic amines) is 1. The predicted octanol–water partition coefficient (Wildman–Crippen LogP) is 2.45. The molecule has 2 amide bonds. The second kappa shape index (κ2) is 5.20. The SMILES string of the molecule is CN1C(=O)CC(n2c(CCl)nc3cc(I)c(F)cc32)C1=O. The van der Waals surface area contributed by atoms with E-state index in [-0.39, 0.29) is 24.1 Å². The number of benzene rings is 1. The number of hydrogen-bond acceptors (Lipinski definition) is 3. The molecular formula is C13H10ClFIN3O2. The number of rotatable bonds is 2. The second-order valence-electron chi connectivity index (χ2n) is 4.80. The van der Waals surface area contributed by atoms with Crippen LogP contribution in [0.3, 0.4) is 0 Å². The van der Waals surface area contributed by atoms with Gasteiger partial charge in [-0.2, -0.15) is 0 Å². The van der Waals surface area contributed by atoms with E-state index in [0.29, 0.717) is 20.4 Å². The number of imide groups is 1. The Kier molecular flexibility index (Phi) is 3.64. The normalized spacial score (nSPS) is 19.0. The third-order valence-electron chi connectivity index (χ3n) is 3.59. The van der Waals surface area contributed by atoms with Gasteiger partial charge in [0.15, 0.2) is 0 Å². The summed E-state index contributed by atoms with van der Waals surface area (Å²) in [6, 6.07) is 2.22. The number of nitrogens with zero attached hydrogens (tertiary/aromatic N) is 3. The van der Waals surface area contributed by atoms with Gasteiger partial charge in [-0.05, 0) is 28.7 Å². The van der Waals surface area contributed by atoms with Gasteiger partial charge < -0.3 is 4.57 Å². The summed E-state index contributed by atoms with van der Waals surface area (Å²) in [6.45, 7) is 0. The fourth-order valence-corrected chi connectivity index (χ4v) is 3.16. The number of aromatic nitrogens is 2. The Morgan fingerprint density at radius 1 is 1.48 bits per heavy atom. The van der Waals surface area contributed by atoms with Crippen molar-refractivity contribution in [1.82, 2.24) is 14.5 Å². The van der Waals surface area contributed by atoms with E-state index >= 15 is 0 Å². The van der Waals surface area contributed by atoms with Crippen molar-refractivity contribution in [2.75, 3.05) is 7.05 Å². The third-order valence-corrected chi connectivity index (χ3v) is 4.66. The van der Waals surface area contributed by atoms with Crippen molar-refractivity contribution >= 4 is 57.0 Å². The number of fused-ring (bicyclic) bond motifs is 1. The van der Waals surface area contributed by atoms with Gasteiger partial charge >= 0.3 is 0 Å². The molecule has 0 spiro atoms. The maximum Gasteiger partial charge on any atom is 0.252 e. The first kappa shape index (κ1) is 14.7. The van der Waals surface area contributed by atoms with Gasteiger partial charge in [-0.15, -0.1) is 11.6 Å². The van der Waals surface area contributed by atoms with Gasteiger partial charge in [0.2, 0.25) is 5.91 Å². The molecule has 1 aromatic carbocycles. The lowest BCUT2D eigenvalue weighted by Gasteiger charge is -2.14. The fraction of sp³-hybridized carbons (Fsp3) is 0.308. The Labute approximate surface area is 138 Å². The van der Waals surface area contributed by atoms with Crippen LogP contribution in [0.2, 0.25) is 0 Å². The van der Waals surface area contributed by atoms with E-state index in [1.54, 1.807) is 10.6 Å². The van der Waals surface area contributed by atoms with Gasteiger partial charge in [0.25, 0.3) is 5.91 Å². The summed E-state index contributed by atoms with van der Waals surface area (Å²) >= 11 is 7.77. The molecule has 0 aliphatic carbocycles. The van der Waals surface area contributed by atoms with E-state index in [1.165, 1.54) is 13.1 Å². The molecular weight excluding hydrogens is 412 g/mol. The summed E-state index contributed by atoms with van der Waals surface area (Å²) in [6.07, 6.45) is 0.0400. The zero-order valence-electron chi connectivity index (χ0n) is 10.9. The first-order valence-corrected chi connectivity index (χ1v) is 7.77. The molecule has 8 heteroatoms. The molecule has 1 aliphatic rings. The summed E-state index contributed by atoms with van der Waals surface area (Å²) in [5.74, 6) is -0.456. The smallest absolute Gasteiger partial charge is 0.252 e. The first-order chi connectivity index (χ1) is 9.93. The Morgan fingerprint density at radius 3 is 2.76 bits per heavy atom. The molecule has 1 aromatic heterocycles. The molecule has 0 radical (unpaired) electrons. The van der Waals surface area contributed by atoms with Crippen molar-refractivity contribution in [2.24, 2.45) is 0 Å². The highest BCUT2D eigenvalue weighted by atomic mass is 127. The molecule has 1 saturated heterocycles. The lowest BCUT2D eigenvalue weighted by molar-refractivity contribution is -0.137. The molecule has 21 heavy (non-hydrogen) atoms. The minimum atomic E-state index is -0.708. The maximum atomic E-state index is 13.8. The van der Waals surface area contributed by atoms with E-state index in [0.717, 1.165) is 4.90 Å². The van der Waals surface area contributed by atoms with Gasteiger partial charge in [0, 0.05) is 13.1 Å². The fourth-order valence-electron chi connectivity index (χ4n) is 2.52. The van der Waals surface area contributed by atoms with Gasteiger partial charge in [0.05, 0.1) is 26.9 Å². The Morgan fingerprint density at radius 2 is 2.19 bits per heavy atom. The number of carbonyl (C=O) groups excluding carboxylic acids is 2. The summed E-state index contributed by atoms with van der Waals surface area (Å²) in [5.41, 5.74) is 1.04. The van der Waals surface area contributed by atoms with Crippen LogP contribution in [-0.4, -0.2) is 33.3 Å². The number of hydrogen-bond donors (Lipinski definition) is 0. The van der Waals surface area contributed by atoms with E-state index < -0.39 is 11.9 Å². The first-order valence-electron chi connectivity index (χ1n) is 6.16. The molecule has 1 unspecified atom stereocenters. The van der Waals surface area contributed by atoms with Crippen molar-refractivity contribution in [3.63, 3.8) is 0 Å². The van der Waals surface area contributed by atoms with Gasteiger partial charge in [-0.3, -0.25) is 14.5 Å². The minimum absolute atomic E-state index is 0.0400. The lowest BCUT2D eigenvalue weighted by atomic mass is 10.2. The van der Waals surface area contributed by atoms with Gasteiger partial charge in [-0.25, -0.2) is 9.37 Å². The summed E-state index contributed by atoms with van der Waals surface area (Å²) in [7, 11) is 1.44. The van der Waals surface area contributed by atoms with Crippen LogP contribution in [0.15, 0.2) is 12.1 Å². The Hall–Kier alpha value is -1.22. The number of likely N-dealkylation sites (N-methyl/N-ethyl adjacent to an activating group) is 1. The van der Waals surface area contributed by atoms with Crippen LogP contribution in [0.4, 0.5) is 4.39 Å². The van der Waals surface area contributed by atoms with Crippen LogP contribution in [-0.2, 0) is 15.5 Å². The van der Waals surface area contributed by atoms with Crippen LogP contribution in [0.1, 0.15) is 18.3 Å². The highest BCUT2D eigenvalue weighted by Gasteiger charge is 2.39. The minimum Gasteiger partial charge on any atom is -0.314 e. The largest absolute Gasteiger partial charge is 0.314 e. The molecule has 0 saturated carbocycles. The molecule has 0 N–H and O–H groups in total. The molecule has 3 rings (SSSR count). The summed E-state index contributed by atoms with van der Waals surface area (Å²) < 4.78 is 15.9. The van der Waals surface area contributed by atoms with Gasteiger partial charge in [0.1, 0.15) is 17.7 Å². The Balaban J connectivity index is 2.24. The second-order valence-corrected chi connectivity index (χ2v) is 6.23. The average Bonchev–Trinajstić information content (AvgIpc) is 2.91. The molecule has 1 atom stereocenters. The maximum absolute atomic E-state index is 13.8. The van der Waals surface area contributed by atoms with Crippen LogP contribution < -0.4 is 0 Å². The molecule has 0 bridgehead atoms. The van der Waals surface area contributed by atoms with E-state index in [9.17, 15) is 14.0 Å². The van der Waals surface area contributed by atoms with Crippen molar-refractivity contribution in [3.05, 3.63) is 27.3 Å². The van der Waals surface area contributed by atoms with Crippen LogP contribution >= 0.6 is 34.2 Å². The van der Waals surface area contributed by atoms with Crippen molar-refractivity contribution in [3.8, 4) is 0 Å². The molecule has 5 nitrogen and oxygen atoms in total. The molecule has 2 heterocycles. The zero-order valence-corrected chi connectivity index (χ0v) is 13.9. The quantitative estimate of drug-likeness (QED) is 0.425. The zero-order chi connectivity index (χ0) is 15.3. The van der Waals surface area contributed by atoms with E-state index in [1.807, 2.05) is 22.6 Å². The number of imidazole rings is 1. The highest BCUT2D eigenvalue weighted by molar-refractivity contribution is 14.1. The van der Waals surface area contributed by atoms with Crippen molar-refractivity contribution in [1.29, 1.82) is 0 Å². The lowest BCUT2D eigenvalue weighted by Crippen LogP contribution is -2.27. The topological polar surface area (TPSA) is 55.2 Å². The van der Waals surface area contributed by atoms with Crippen LogP contribution in [0.5, 0.6) is 0 Å². The third kappa shape index (κ3) is 2.22. The summed E-state index contributed by atoms with van der Waals surface area (Å²) in [4.78, 5) is 29.3. The molecule has 2 aromatic rings. The molecule has 1 fully saturated rings. The monoisotopic (exact) mass is 421 g/mol. The average molecular weight is 422 g/mol. The number of halogens is 3. The van der Waals surface area contributed by atoms with Crippen molar-refractivity contribution < 1.29 is 14.0 Å². The number of amides is 2. The predicted molar refractivity (Wildman–Crippen MR) is 83.4 cm³/mol. The summed E-state index contributed by atoms with van der Waals surface area (Å²) in [5, 5.41) is 0. The number of carbonyl (C=O) groups is 2. The van der Waals surface area contributed by atoms with E-state index in [4.69, 9.17) is 11.6 Å². The number of alkyl halides is 1. The standard InChI is InChI=1S/C13H10ClFIN3O2/c1-18-12(20)4-10(13(18)21)19-9-2-6(15)7(16)3-8(9)17-11(19)5-14/h2-3,10H,4-5H2,1H3. The van der Waals surface area contributed by atoms with Crippen LogP contribution in [0.25, 0.3) is 11.0 Å². The van der Waals surface area contributed by atoms with E-state index in [2.05, 4.69) is 4.98 Å². The van der Waals surface area contributed by atoms with Gasteiger partial charge in [-0.1, -0.05) is 0 Å².